The molecule has 0 saturated carbocycles. The smallest absolute Gasteiger partial charge is 0.116 e. The van der Waals surface area contributed by atoms with E-state index in [1.807, 2.05) is 36.7 Å². The maximum atomic E-state index is 4.55. The van der Waals surface area contributed by atoms with Crippen LogP contribution < -0.4 is 0 Å². The molecule has 6 aromatic rings. The summed E-state index contributed by atoms with van der Waals surface area (Å²) in [6, 6.07) is 14.2. The molecule has 29 heavy (non-hydrogen) atoms. The van der Waals surface area contributed by atoms with E-state index in [0.29, 0.717) is 0 Å². The van der Waals surface area contributed by atoms with E-state index in [1.165, 1.54) is 4.88 Å². The van der Waals surface area contributed by atoms with Crippen LogP contribution in [0, 0.1) is 0 Å². The lowest BCUT2D eigenvalue weighted by Crippen LogP contribution is -1.86. The van der Waals surface area contributed by atoms with Gasteiger partial charge in [0, 0.05) is 33.6 Å². The molecule has 6 rings (SSSR count). The van der Waals surface area contributed by atoms with Crippen molar-refractivity contribution in [1.82, 2.24) is 30.1 Å². The van der Waals surface area contributed by atoms with E-state index in [9.17, 15) is 0 Å². The molecule has 0 unspecified atom stereocenters. The molecule has 6 aromatic heterocycles. The number of hydrogen-bond acceptors (Lipinski definition) is 5. The highest BCUT2D eigenvalue weighted by Crippen LogP contribution is 2.35. The average Bonchev–Trinajstić information content (AvgIpc) is 3.52. The quantitative estimate of drug-likeness (QED) is 0.427. The average molecular weight is 394 g/mol. The number of nitrogens with one attached hydrogen (secondary N) is 2. The Balaban J connectivity index is 1.53. The summed E-state index contributed by atoms with van der Waals surface area (Å²) in [5, 5.41) is 11.8. The van der Waals surface area contributed by atoms with Gasteiger partial charge in [0.15, 0.2) is 0 Å². The van der Waals surface area contributed by atoms with Gasteiger partial charge in [-0.2, -0.15) is 5.10 Å². The highest BCUT2D eigenvalue weighted by molar-refractivity contribution is 7.13. The van der Waals surface area contributed by atoms with Crippen LogP contribution in [0.4, 0.5) is 0 Å². The van der Waals surface area contributed by atoms with Gasteiger partial charge in [-0.1, -0.05) is 12.1 Å². The van der Waals surface area contributed by atoms with Gasteiger partial charge >= 0.3 is 0 Å². The third kappa shape index (κ3) is 2.63. The molecule has 0 fully saturated rings. The van der Waals surface area contributed by atoms with Gasteiger partial charge in [0.2, 0.25) is 0 Å². The summed E-state index contributed by atoms with van der Waals surface area (Å²) < 4.78 is 0. The molecule has 0 aliphatic heterocycles. The number of pyridine rings is 3. The number of H-pyrrole nitrogens is 2. The molecule has 6 heterocycles. The number of fused-ring (bicyclic) bond motifs is 2. The molecule has 0 aromatic carbocycles. The largest absolute Gasteiger partial charge is 0.352 e. The first-order valence-electron chi connectivity index (χ1n) is 9.13. The molecule has 2 N–H and O–H groups in total. The molecule has 138 valence electrons. The monoisotopic (exact) mass is 394 g/mol. The van der Waals surface area contributed by atoms with E-state index < -0.39 is 0 Å². The Hall–Kier alpha value is -3.84. The second-order valence-corrected chi connectivity index (χ2v) is 7.66. The predicted octanol–water partition coefficient (Wildman–Crippen LogP) is 5.29. The van der Waals surface area contributed by atoms with Gasteiger partial charge in [0.25, 0.3) is 0 Å². The molecular weight excluding hydrogens is 380 g/mol. The molecule has 6 nitrogen and oxygen atoms in total. The third-order valence-electron chi connectivity index (χ3n) is 4.96. The Morgan fingerprint density at radius 2 is 1.83 bits per heavy atom. The minimum absolute atomic E-state index is 0.817. The zero-order chi connectivity index (χ0) is 19.2. The second-order valence-electron chi connectivity index (χ2n) is 6.71. The number of nitrogens with zero attached hydrogens (tertiary/aromatic N) is 4. The predicted molar refractivity (Wildman–Crippen MR) is 116 cm³/mol. The van der Waals surface area contributed by atoms with Gasteiger partial charge in [0.1, 0.15) is 5.69 Å². The normalized spacial score (nSPS) is 11.4. The molecule has 0 spiro atoms. The molecule has 7 heteroatoms. The first kappa shape index (κ1) is 16.1. The summed E-state index contributed by atoms with van der Waals surface area (Å²) in [6.07, 6.45) is 7.34. The van der Waals surface area contributed by atoms with Gasteiger partial charge in [-0.3, -0.25) is 20.1 Å². The van der Waals surface area contributed by atoms with Crippen molar-refractivity contribution in [2.45, 2.75) is 0 Å². The van der Waals surface area contributed by atoms with Crippen molar-refractivity contribution in [3.05, 3.63) is 72.6 Å². The van der Waals surface area contributed by atoms with Gasteiger partial charge in [0.05, 0.1) is 40.5 Å². The number of hydrogen-bond donors (Lipinski definition) is 2. The number of aromatic amines is 2. The minimum Gasteiger partial charge on any atom is -0.352 e. The van der Waals surface area contributed by atoms with Crippen molar-refractivity contribution in [3.63, 3.8) is 0 Å². The van der Waals surface area contributed by atoms with Crippen LogP contribution in [-0.4, -0.2) is 30.1 Å². The van der Waals surface area contributed by atoms with Crippen molar-refractivity contribution in [2.75, 3.05) is 0 Å². The summed E-state index contributed by atoms with van der Waals surface area (Å²) in [7, 11) is 0. The lowest BCUT2D eigenvalue weighted by atomic mass is 10.1. The van der Waals surface area contributed by atoms with Crippen molar-refractivity contribution >= 4 is 33.1 Å². The maximum absolute atomic E-state index is 4.55. The van der Waals surface area contributed by atoms with Gasteiger partial charge in [-0.15, -0.1) is 11.3 Å². The van der Waals surface area contributed by atoms with Crippen LogP contribution in [0.2, 0.25) is 0 Å². The Kier molecular flexibility index (Phi) is 3.54. The summed E-state index contributed by atoms with van der Waals surface area (Å²) in [4.78, 5) is 18.0. The standard InChI is InChI=1S/C22H14N6S/c1-2-6-24-16(4-1)17-9-14-20(12-25-17)27-28-22(14)18-8-13-15(21-5-3-7-29-21)10-23-11-19(13)26-18/h1-12,26H,(H,27,28). The highest BCUT2D eigenvalue weighted by Gasteiger charge is 2.15. The summed E-state index contributed by atoms with van der Waals surface area (Å²) in [6.45, 7) is 0. The van der Waals surface area contributed by atoms with Crippen LogP contribution >= 0.6 is 11.3 Å². The first-order chi connectivity index (χ1) is 14.4. The van der Waals surface area contributed by atoms with Gasteiger partial charge in [-0.05, 0) is 35.7 Å². The molecule has 0 amide bonds. The van der Waals surface area contributed by atoms with Crippen molar-refractivity contribution in [2.24, 2.45) is 0 Å². The van der Waals surface area contributed by atoms with Gasteiger partial charge < -0.3 is 4.98 Å². The fraction of sp³-hybridized carbons (Fsp3) is 0. The highest BCUT2D eigenvalue weighted by atomic mass is 32.1. The van der Waals surface area contributed by atoms with E-state index >= 15 is 0 Å². The SMILES string of the molecule is c1ccc(-c2cc3c(-c4cc5c(-c6cccs6)cncc5[nH]4)n[nH]c3cn2)nc1. The van der Waals surface area contributed by atoms with E-state index in [1.54, 1.807) is 23.7 Å². The molecular formula is C22H14N6S. The van der Waals surface area contributed by atoms with Crippen LogP contribution in [0.3, 0.4) is 0 Å². The topological polar surface area (TPSA) is 83.1 Å². The second kappa shape index (κ2) is 6.35. The third-order valence-corrected chi connectivity index (χ3v) is 5.87. The fourth-order valence-corrected chi connectivity index (χ4v) is 4.33. The number of rotatable bonds is 3. The molecule has 0 radical (unpaired) electrons. The van der Waals surface area contributed by atoms with E-state index in [2.05, 4.69) is 53.7 Å². The zero-order valence-electron chi connectivity index (χ0n) is 15.1. The van der Waals surface area contributed by atoms with Crippen molar-refractivity contribution in [3.8, 4) is 33.2 Å². The Bertz CT molecular complexity index is 1450. The van der Waals surface area contributed by atoms with E-state index in [-0.39, 0.29) is 0 Å². The van der Waals surface area contributed by atoms with Gasteiger partial charge in [-0.25, -0.2) is 0 Å². The van der Waals surface area contributed by atoms with Crippen LogP contribution in [0.1, 0.15) is 0 Å². The molecule has 0 aliphatic carbocycles. The van der Waals surface area contributed by atoms with Crippen molar-refractivity contribution in [1.29, 1.82) is 0 Å². The maximum Gasteiger partial charge on any atom is 0.116 e. The lowest BCUT2D eigenvalue weighted by Gasteiger charge is -2.00. The van der Waals surface area contributed by atoms with Crippen LogP contribution in [0.5, 0.6) is 0 Å². The van der Waals surface area contributed by atoms with E-state index in [4.69, 9.17) is 0 Å². The van der Waals surface area contributed by atoms with Crippen molar-refractivity contribution < 1.29 is 0 Å². The fourth-order valence-electron chi connectivity index (χ4n) is 3.58. The van der Waals surface area contributed by atoms with E-state index in [0.717, 1.165) is 50.1 Å². The molecule has 0 bridgehead atoms. The minimum atomic E-state index is 0.817. The Labute approximate surface area is 169 Å². The summed E-state index contributed by atoms with van der Waals surface area (Å²) in [5.41, 5.74) is 6.44. The number of aromatic nitrogens is 6. The van der Waals surface area contributed by atoms with Crippen LogP contribution in [0.25, 0.3) is 55.0 Å². The van der Waals surface area contributed by atoms with Crippen LogP contribution in [-0.2, 0) is 0 Å². The zero-order valence-corrected chi connectivity index (χ0v) is 15.9. The Morgan fingerprint density at radius 3 is 2.69 bits per heavy atom. The molecule has 0 aliphatic rings. The molecule has 0 saturated heterocycles. The first-order valence-corrected chi connectivity index (χ1v) is 10.0. The summed E-state index contributed by atoms with van der Waals surface area (Å²) in [5.74, 6) is 0. The lowest BCUT2D eigenvalue weighted by molar-refractivity contribution is 1.11. The van der Waals surface area contributed by atoms with Crippen LogP contribution in [0.15, 0.2) is 72.6 Å². The number of thiophene rings is 1. The molecule has 0 atom stereocenters. The summed E-state index contributed by atoms with van der Waals surface area (Å²) >= 11 is 1.71. The Morgan fingerprint density at radius 1 is 0.828 bits per heavy atom.